The molecule has 0 radical (unpaired) electrons. The second-order valence-corrected chi connectivity index (χ2v) is 10.6. The third-order valence-electron chi connectivity index (χ3n) is 7.39. The average molecular weight is 580 g/mol. The molecular formula is C31H38ClN5O4. The van der Waals surface area contributed by atoms with Crippen molar-refractivity contribution in [3.63, 3.8) is 0 Å². The second-order valence-electron chi connectivity index (χ2n) is 10.2. The fourth-order valence-electron chi connectivity index (χ4n) is 5.18. The number of hydrogen-bond acceptors (Lipinski definition) is 6. The number of hydroxylamine groups is 2. The smallest absolute Gasteiger partial charge is 0.338 e. The molecular weight excluding hydrogens is 542 g/mol. The number of nitrogens with zero attached hydrogens (tertiary/aromatic N) is 3. The van der Waals surface area contributed by atoms with Crippen LogP contribution in [0.1, 0.15) is 45.9 Å². The molecule has 218 valence electrons. The van der Waals surface area contributed by atoms with E-state index in [2.05, 4.69) is 46.2 Å². The van der Waals surface area contributed by atoms with Crippen molar-refractivity contribution >= 4 is 23.5 Å². The molecule has 1 saturated heterocycles. The highest BCUT2D eigenvalue weighted by molar-refractivity contribution is 6.30. The maximum absolute atomic E-state index is 12.1. The summed E-state index contributed by atoms with van der Waals surface area (Å²) >= 11 is 6.16. The van der Waals surface area contributed by atoms with Gasteiger partial charge in [0.15, 0.2) is 0 Å². The summed E-state index contributed by atoms with van der Waals surface area (Å²) in [5, 5.41) is 10.6. The summed E-state index contributed by atoms with van der Waals surface area (Å²) in [6.45, 7) is 4.97. The van der Waals surface area contributed by atoms with E-state index in [4.69, 9.17) is 27.8 Å². The zero-order valence-electron chi connectivity index (χ0n) is 23.1. The van der Waals surface area contributed by atoms with Gasteiger partial charge in [0.2, 0.25) is 0 Å². The van der Waals surface area contributed by atoms with Gasteiger partial charge < -0.3 is 16.2 Å². The van der Waals surface area contributed by atoms with E-state index in [0.717, 1.165) is 43.3 Å². The zero-order valence-corrected chi connectivity index (χ0v) is 23.9. The van der Waals surface area contributed by atoms with Gasteiger partial charge in [-0.2, -0.15) is 0 Å². The normalized spacial score (nSPS) is 14.9. The summed E-state index contributed by atoms with van der Waals surface area (Å²) in [6.07, 6.45) is 1.94. The van der Waals surface area contributed by atoms with Gasteiger partial charge in [0.05, 0.1) is 18.2 Å². The second kappa shape index (κ2) is 14.8. The fourth-order valence-corrected chi connectivity index (χ4v) is 5.30. The lowest BCUT2D eigenvalue weighted by molar-refractivity contribution is -0.0402. The summed E-state index contributed by atoms with van der Waals surface area (Å²) in [6, 6.07) is 23.4. The SMILES string of the molecule is NC(=O)c1cc(CCCCN(O)C(N)=O)ccc1OCCN1CCN(C(c2ccccc2)c2ccc(Cl)cc2)CC1. The molecule has 0 spiro atoms. The molecule has 1 aliphatic heterocycles. The Hall–Kier alpha value is -3.63. The third kappa shape index (κ3) is 8.68. The van der Waals surface area contributed by atoms with E-state index in [-0.39, 0.29) is 12.6 Å². The fraction of sp³-hybridized carbons (Fsp3) is 0.355. The van der Waals surface area contributed by atoms with Crippen molar-refractivity contribution in [2.75, 3.05) is 45.9 Å². The first kappa shape index (κ1) is 30.3. The molecule has 3 amide bonds. The number of ether oxygens (including phenoxy) is 1. The van der Waals surface area contributed by atoms with Gasteiger partial charge in [0, 0.05) is 37.7 Å². The molecule has 3 aromatic carbocycles. The Morgan fingerprint density at radius 3 is 2.27 bits per heavy atom. The lowest BCUT2D eigenvalue weighted by Gasteiger charge is -2.39. The average Bonchev–Trinajstić information content (AvgIpc) is 2.98. The van der Waals surface area contributed by atoms with Crippen LogP contribution >= 0.6 is 11.6 Å². The summed E-state index contributed by atoms with van der Waals surface area (Å²) in [5.74, 6) is -0.0677. The van der Waals surface area contributed by atoms with E-state index in [0.29, 0.717) is 42.2 Å². The molecule has 41 heavy (non-hydrogen) atoms. The Bertz CT molecular complexity index is 1280. The number of urea groups is 1. The number of benzene rings is 3. The number of piperazine rings is 1. The van der Waals surface area contributed by atoms with Crippen molar-refractivity contribution in [3.8, 4) is 5.75 Å². The molecule has 0 saturated carbocycles. The molecule has 5 N–H and O–H groups in total. The van der Waals surface area contributed by atoms with Crippen molar-refractivity contribution in [2.45, 2.75) is 25.3 Å². The predicted octanol–water partition coefficient (Wildman–Crippen LogP) is 4.32. The largest absolute Gasteiger partial charge is 0.491 e. The molecule has 1 fully saturated rings. The lowest BCUT2D eigenvalue weighted by atomic mass is 9.96. The number of amides is 3. The van der Waals surface area contributed by atoms with Crippen LogP contribution in [-0.4, -0.2) is 77.9 Å². The van der Waals surface area contributed by atoms with Gasteiger partial charge in [0.1, 0.15) is 12.4 Å². The number of halogens is 1. The first-order valence-corrected chi connectivity index (χ1v) is 14.3. The highest BCUT2D eigenvalue weighted by Gasteiger charge is 2.26. The van der Waals surface area contributed by atoms with Gasteiger partial charge in [0.25, 0.3) is 5.91 Å². The van der Waals surface area contributed by atoms with Crippen LogP contribution in [0.2, 0.25) is 5.02 Å². The number of carbonyl (C=O) groups excluding carboxylic acids is 2. The van der Waals surface area contributed by atoms with Crippen molar-refractivity contribution in [2.24, 2.45) is 11.5 Å². The number of hydrogen-bond donors (Lipinski definition) is 3. The van der Waals surface area contributed by atoms with Gasteiger partial charge in [-0.1, -0.05) is 60.1 Å². The summed E-state index contributed by atoms with van der Waals surface area (Å²) in [7, 11) is 0. The van der Waals surface area contributed by atoms with Gasteiger partial charge in [-0.05, 0) is 60.2 Å². The van der Waals surface area contributed by atoms with E-state index >= 15 is 0 Å². The van der Waals surface area contributed by atoms with Crippen molar-refractivity contribution in [3.05, 3.63) is 100 Å². The van der Waals surface area contributed by atoms with Gasteiger partial charge in [-0.15, -0.1) is 0 Å². The maximum atomic E-state index is 12.1. The quantitative estimate of drug-likeness (QED) is 0.157. The minimum Gasteiger partial charge on any atom is -0.491 e. The number of aryl methyl sites for hydroxylation is 1. The molecule has 10 heteroatoms. The van der Waals surface area contributed by atoms with Crippen molar-refractivity contribution in [1.82, 2.24) is 14.9 Å². The Kier molecular flexibility index (Phi) is 11.0. The monoisotopic (exact) mass is 579 g/mol. The summed E-state index contributed by atoms with van der Waals surface area (Å²) in [5.41, 5.74) is 14.4. The van der Waals surface area contributed by atoms with Gasteiger partial charge >= 0.3 is 6.03 Å². The highest BCUT2D eigenvalue weighted by Crippen LogP contribution is 2.30. The predicted molar refractivity (Wildman–Crippen MR) is 159 cm³/mol. The number of rotatable bonds is 13. The maximum Gasteiger partial charge on any atom is 0.338 e. The first-order valence-electron chi connectivity index (χ1n) is 13.9. The molecule has 1 atom stereocenters. The lowest BCUT2D eigenvalue weighted by Crippen LogP contribution is -2.48. The Labute approximate surface area is 246 Å². The van der Waals surface area contributed by atoms with Crippen LogP contribution in [-0.2, 0) is 6.42 Å². The van der Waals surface area contributed by atoms with E-state index in [1.165, 1.54) is 11.1 Å². The van der Waals surface area contributed by atoms with Crippen LogP contribution in [0.5, 0.6) is 5.75 Å². The standard InChI is InChI=1S/C31H38ClN5O4/c32-26-12-10-25(11-13-26)29(24-7-2-1-3-8-24)36-18-16-35(17-19-36)20-21-41-28-14-9-23(22-27(28)30(33)38)6-4-5-15-37(40)31(34)39/h1-3,7-14,22,29,40H,4-6,15-21H2,(H2,33,38)(H2,34,39). The van der Waals surface area contributed by atoms with Gasteiger partial charge in [-0.3, -0.25) is 19.8 Å². The van der Waals surface area contributed by atoms with Crippen LogP contribution in [0.15, 0.2) is 72.8 Å². The first-order chi connectivity index (χ1) is 19.8. The summed E-state index contributed by atoms with van der Waals surface area (Å²) < 4.78 is 6.00. The molecule has 3 aromatic rings. The van der Waals surface area contributed by atoms with Gasteiger partial charge in [-0.25, -0.2) is 9.86 Å². The molecule has 0 aliphatic carbocycles. The minimum atomic E-state index is -0.876. The van der Waals surface area contributed by atoms with Crippen molar-refractivity contribution < 1.29 is 19.5 Å². The molecule has 1 aliphatic rings. The topological polar surface area (TPSA) is 125 Å². The Morgan fingerprint density at radius 1 is 0.927 bits per heavy atom. The number of primary amides is 2. The molecule has 9 nitrogen and oxygen atoms in total. The summed E-state index contributed by atoms with van der Waals surface area (Å²) in [4.78, 5) is 27.9. The molecule has 1 heterocycles. The van der Waals surface area contributed by atoms with Crippen LogP contribution in [0.3, 0.4) is 0 Å². The third-order valence-corrected chi connectivity index (χ3v) is 7.64. The number of unbranched alkanes of at least 4 members (excludes halogenated alkanes) is 1. The molecule has 4 rings (SSSR count). The van der Waals surface area contributed by atoms with Crippen LogP contribution in [0.25, 0.3) is 0 Å². The van der Waals surface area contributed by atoms with E-state index < -0.39 is 11.9 Å². The number of carbonyl (C=O) groups is 2. The van der Waals surface area contributed by atoms with E-state index in [9.17, 15) is 14.8 Å². The van der Waals surface area contributed by atoms with Crippen LogP contribution < -0.4 is 16.2 Å². The zero-order chi connectivity index (χ0) is 29.2. The highest BCUT2D eigenvalue weighted by atomic mass is 35.5. The van der Waals surface area contributed by atoms with Crippen LogP contribution in [0, 0.1) is 0 Å². The van der Waals surface area contributed by atoms with E-state index in [1.807, 2.05) is 24.3 Å². The van der Waals surface area contributed by atoms with Crippen molar-refractivity contribution in [1.29, 1.82) is 0 Å². The Morgan fingerprint density at radius 2 is 1.61 bits per heavy atom. The number of nitrogens with two attached hydrogens (primary N) is 2. The minimum absolute atomic E-state index is 0.154. The van der Waals surface area contributed by atoms with E-state index in [1.54, 1.807) is 12.1 Å². The molecule has 1 unspecified atom stereocenters. The Balaban J connectivity index is 1.28. The molecule has 0 aromatic heterocycles. The molecule has 0 bridgehead atoms. The van der Waals surface area contributed by atoms with Crippen LogP contribution in [0.4, 0.5) is 4.79 Å².